The van der Waals surface area contributed by atoms with Gasteiger partial charge in [0.1, 0.15) is 0 Å². The number of piperazine rings is 1. The maximum absolute atomic E-state index is 4.35. The topological polar surface area (TPSA) is 44.3 Å². The van der Waals surface area contributed by atoms with Crippen molar-refractivity contribution in [2.45, 2.75) is 12.8 Å². The summed E-state index contributed by atoms with van der Waals surface area (Å²) < 4.78 is 0. The lowest BCUT2D eigenvalue weighted by molar-refractivity contribution is 0.582. The molecule has 3 rings (SSSR count). The number of nitrogens with one attached hydrogen (secondary N) is 1. The molecule has 0 aromatic carbocycles. The van der Waals surface area contributed by atoms with Gasteiger partial charge in [-0.1, -0.05) is 0 Å². The molecule has 0 atom stereocenters. The lowest BCUT2D eigenvalue weighted by atomic mass is 10.3. The maximum Gasteiger partial charge on any atom is 0.151 e. The van der Waals surface area contributed by atoms with E-state index in [-0.39, 0.29) is 0 Å². The minimum Gasteiger partial charge on any atom is -0.355 e. The van der Waals surface area contributed by atoms with Gasteiger partial charge in [0.2, 0.25) is 0 Å². The molecular weight excluding hydrogens is 214 g/mol. The fourth-order valence-electron chi connectivity index (χ4n) is 2.50. The van der Waals surface area contributed by atoms with Gasteiger partial charge in [0, 0.05) is 39.3 Å². The molecule has 2 fully saturated rings. The molecule has 92 valence electrons. The van der Waals surface area contributed by atoms with Gasteiger partial charge in [-0.2, -0.15) is 0 Å². The van der Waals surface area contributed by atoms with E-state index in [1.54, 1.807) is 0 Å². The second kappa shape index (κ2) is 4.87. The first-order valence-electron chi connectivity index (χ1n) is 6.48. The Morgan fingerprint density at radius 2 is 1.35 bits per heavy atom. The van der Waals surface area contributed by atoms with Gasteiger partial charge in [0.05, 0.1) is 0 Å². The number of aromatic nitrogens is 2. The summed E-state index contributed by atoms with van der Waals surface area (Å²) in [6.45, 7) is 6.38. The molecule has 0 spiro atoms. The van der Waals surface area contributed by atoms with Crippen LogP contribution >= 0.6 is 0 Å². The summed E-state index contributed by atoms with van der Waals surface area (Å²) in [7, 11) is 0. The van der Waals surface area contributed by atoms with E-state index in [9.17, 15) is 0 Å². The Hall–Kier alpha value is -1.36. The molecule has 1 aromatic rings. The van der Waals surface area contributed by atoms with Crippen molar-refractivity contribution in [1.29, 1.82) is 0 Å². The van der Waals surface area contributed by atoms with Crippen LogP contribution in [0.25, 0.3) is 0 Å². The van der Waals surface area contributed by atoms with Crippen LogP contribution in [0.15, 0.2) is 12.1 Å². The number of nitrogens with zero attached hydrogens (tertiary/aromatic N) is 4. The van der Waals surface area contributed by atoms with Crippen molar-refractivity contribution in [3.63, 3.8) is 0 Å². The number of hydrogen-bond acceptors (Lipinski definition) is 5. The molecular formula is C12H19N5. The summed E-state index contributed by atoms with van der Waals surface area (Å²) in [5.74, 6) is 2.04. The predicted octanol–water partition coefficient (Wildman–Crippen LogP) is 0.486. The van der Waals surface area contributed by atoms with Crippen molar-refractivity contribution >= 4 is 11.6 Å². The van der Waals surface area contributed by atoms with Crippen molar-refractivity contribution in [1.82, 2.24) is 15.5 Å². The molecule has 3 heterocycles. The monoisotopic (exact) mass is 233 g/mol. The van der Waals surface area contributed by atoms with Gasteiger partial charge < -0.3 is 15.1 Å². The molecule has 0 aliphatic carbocycles. The molecule has 5 nitrogen and oxygen atoms in total. The molecule has 0 bridgehead atoms. The Labute approximate surface area is 102 Å². The Morgan fingerprint density at radius 3 is 1.88 bits per heavy atom. The third-order valence-corrected chi connectivity index (χ3v) is 3.51. The summed E-state index contributed by atoms with van der Waals surface area (Å²) >= 11 is 0. The van der Waals surface area contributed by atoms with Crippen LogP contribution in [0.4, 0.5) is 11.6 Å². The van der Waals surface area contributed by atoms with E-state index in [4.69, 9.17) is 0 Å². The average Bonchev–Trinajstić information content (AvgIpc) is 2.94. The lowest BCUT2D eigenvalue weighted by Crippen LogP contribution is -2.44. The summed E-state index contributed by atoms with van der Waals surface area (Å²) in [5.41, 5.74) is 0. The first kappa shape index (κ1) is 10.8. The molecule has 5 heteroatoms. The van der Waals surface area contributed by atoms with E-state index in [0.29, 0.717) is 0 Å². The minimum absolute atomic E-state index is 1.01. The molecule has 1 aromatic heterocycles. The summed E-state index contributed by atoms with van der Waals surface area (Å²) in [6, 6.07) is 4.21. The van der Waals surface area contributed by atoms with E-state index >= 15 is 0 Å². The Bertz CT molecular complexity index is 352. The number of hydrogen-bond donors (Lipinski definition) is 1. The Balaban J connectivity index is 1.70. The van der Waals surface area contributed by atoms with Gasteiger partial charge in [0.25, 0.3) is 0 Å². The number of anilines is 2. The van der Waals surface area contributed by atoms with Crippen molar-refractivity contribution in [2.75, 3.05) is 49.1 Å². The van der Waals surface area contributed by atoms with Crippen molar-refractivity contribution in [3.05, 3.63) is 12.1 Å². The first-order chi connectivity index (χ1) is 8.43. The quantitative estimate of drug-likeness (QED) is 0.805. The molecule has 0 unspecified atom stereocenters. The van der Waals surface area contributed by atoms with Crippen LogP contribution in [0, 0.1) is 0 Å². The van der Waals surface area contributed by atoms with E-state index in [1.165, 1.54) is 12.8 Å². The van der Waals surface area contributed by atoms with Crippen LogP contribution in [-0.2, 0) is 0 Å². The fraction of sp³-hybridized carbons (Fsp3) is 0.667. The average molecular weight is 233 g/mol. The molecule has 2 aliphatic heterocycles. The molecule has 0 amide bonds. The standard InChI is InChI=1S/C12H19N5/c1-2-8-16(7-1)11-3-4-12(15-14-11)17-9-5-13-6-10-17/h3-4,13H,1-2,5-10H2. The van der Waals surface area contributed by atoms with Gasteiger partial charge in [0.15, 0.2) is 11.6 Å². The van der Waals surface area contributed by atoms with Gasteiger partial charge in [-0.3, -0.25) is 0 Å². The van der Waals surface area contributed by atoms with Crippen molar-refractivity contribution in [2.24, 2.45) is 0 Å². The second-order valence-electron chi connectivity index (χ2n) is 4.68. The van der Waals surface area contributed by atoms with E-state index in [0.717, 1.165) is 50.9 Å². The zero-order valence-corrected chi connectivity index (χ0v) is 10.1. The largest absolute Gasteiger partial charge is 0.355 e. The highest BCUT2D eigenvalue weighted by Gasteiger charge is 2.16. The maximum atomic E-state index is 4.35. The lowest BCUT2D eigenvalue weighted by Gasteiger charge is -2.28. The highest BCUT2D eigenvalue weighted by Crippen LogP contribution is 2.19. The highest BCUT2D eigenvalue weighted by molar-refractivity contribution is 5.45. The first-order valence-corrected chi connectivity index (χ1v) is 6.48. The van der Waals surface area contributed by atoms with E-state index < -0.39 is 0 Å². The zero-order valence-electron chi connectivity index (χ0n) is 10.1. The van der Waals surface area contributed by atoms with Gasteiger partial charge in [-0.15, -0.1) is 10.2 Å². The zero-order chi connectivity index (χ0) is 11.5. The highest BCUT2D eigenvalue weighted by atomic mass is 15.3. The molecule has 17 heavy (non-hydrogen) atoms. The van der Waals surface area contributed by atoms with Crippen LogP contribution in [0.2, 0.25) is 0 Å². The van der Waals surface area contributed by atoms with Gasteiger partial charge in [-0.25, -0.2) is 0 Å². The van der Waals surface area contributed by atoms with Crippen molar-refractivity contribution < 1.29 is 0 Å². The molecule has 0 saturated carbocycles. The molecule has 2 aliphatic rings. The summed E-state index contributed by atoms with van der Waals surface area (Å²) in [5, 5.41) is 12.0. The third-order valence-electron chi connectivity index (χ3n) is 3.51. The second-order valence-corrected chi connectivity index (χ2v) is 4.68. The third kappa shape index (κ3) is 2.34. The SMILES string of the molecule is c1cc(N2CCNCC2)nnc1N1CCCC1. The fourth-order valence-corrected chi connectivity index (χ4v) is 2.50. The van der Waals surface area contributed by atoms with E-state index in [1.807, 2.05) is 0 Å². The Kier molecular flexibility index (Phi) is 3.09. The van der Waals surface area contributed by atoms with Crippen LogP contribution < -0.4 is 15.1 Å². The van der Waals surface area contributed by atoms with Crippen LogP contribution in [-0.4, -0.2) is 49.5 Å². The van der Waals surface area contributed by atoms with Crippen LogP contribution in [0.3, 0.4) is 0 Å². The summed E-state index contributed by atoms with van der Waals surface area (Å²) in [4.78, 5) is 4.60. The normalized spacial score (nSPS) is 20.9. The van der Waals surface area contributed by atoms with E-state index in [2.05, 4.69) is 37.4 Å². The van der Waals surface area contributed by atoms with Crippen molar-refractivity contribution in [3.8, 4) is 0 Å². The smallest absolute Gasteiger partial charge is 0.151 e. The number of rotatable bonds is 2. The van der Waals surface area contributed by atoms with Gasteiger partial charge >= 0.3 is 0 Å². The minimum atomic E-state index is 1.01. The van der Waals surface area contributed by atoms with Crippen LogP contribution in [0.5, 0.6) is 0 Å². The van der Waals surface area contributed by atoms with Crippen LogP contribution in [0.1, 0.15) is 12.8 Å². The predicted molar refractivity (Wildman–Crippen MR) is 68.6 cm³/mol. The Morgan fingerprint density at radius 1 is 0.824 bits per heavy atom. The molecule has 2 saturated heterocycles. The molecule has 0 radical (unpaired) electrons. The van der Waals surface area contributed by atoms with Gasteiger partial charge in [-0.05, 0) is 25.0 Å². The summed E-state index contributed by atoms with van der Waals surface area (Å²) in [6.07, 6.45) is 2.56. The molecule has 1 N–H and O–H groups in total.